The zero-order valence-electron chi connectivity index (χ0n) is 14.4. The zero-order valence-corrected chi connectivity index (χ0v) is 14.4. The van der Waals surface area contributed by atoms with Gasteiger partial charge < -0.3 is 20.1 Å². The van der Waals surface area contributed by atoms with Crippen molar-refractivity contribution in [2.45, 2.75) is 34.0 Å². The maximum absolute atomic E-state index is 12.4. The van der Waals surface area contributed by atoms with Gasteiger partial charge in [-0.2, -0.15) is 17.6 Å². The third kappa shape index (κ3) is 7.45. The molecule has 144 valence electrons. The maximum atomic E-state index is 12.4. The number of benzene rings is 1. The third-order valence-electron chi connectivity index (χ3n) is 3.01. The molecule has 0 heterocycles. The Morgan fingerprint density at radius 1 is 1.12 bits per heavy atom. The molecule has 0 unspecified atom stereocenters. The van der Waals surface area contributed by atoms with Crippen molar-refractivity contribution in [3.8, 4) is 5.75 Å². The van der Waals surface area contributed by atoms with Crippen LogP contribution in [0.2, 0.25) is 0 Å². The van der Waals surface area contributed by atoms with Crippen LogP contribution < -0.4 is 15.4 Å². The Bertz CT molecular complexity index is 661. The fourth-order valence-electron chi connectivity index (χ4n) is 1.84. The average Bonchev–Trinajstić information content (AvgIpc) is 2.54. The van der Waals surface area contributed by atoms with Gasteiger partial charge in [-0.3, -0.25) is 0 Å². The van der Waals surface area contributed by atoms with Crippen molar-refractivity contribution in [1.29, 1.82) is 0 Å². The van der Waals surface area contributed by atoms with Crippen molar-refractivity contribution in [2.24, 2.45) is 5.92 Å². The van der Waals surface area contributed by atoms with Crippen LogP contribution in [-0.4, -0.2) is 19.3 Å². The highest BCUT2D eigenvalue weighted by molar-refractivity contribution is 5.92. The van der Waals surface area contributed by atoms with Crippen LogP contribution in [0, 0.1) is 5.92 Å². The van der Waals surface area contributed by atoms with Crippen LogP contribution in [0.1, 0.15) is 20.8 Å². The lowest BCUT2D eigenvalue weighted by Gasteiger charge is -2.15. The number of alkyl halides is 4. The van der Waals surface area contributed by atoms with Crippen LogP contribution in [-0.2, 0) is 4.74 Å². The molecule has 2 N–H and O–H groups in total. The first-order valence-corrected chi connectivity index (χ1v) is 7.67. The van der Waals surface area contributed by atoms with Crippen LogP contribution in [0.4, 0.5) is 28.0 Å². The van der Waals surface area contributed by atoms with Gasteiger partial charge in [-0.15, -0.1) is 0 Å². The van der Waals surface area contributed by atoms with Crippen molar-refractivity contribution in [1.82, 2.24) is 5.32 Å². The summed E-state index contributed by atoms with van der Waals surface area (Å²) in [5.41, 5.74) is 0.219. The zero-order chi connectivity index (χ0) is 19.7. The van der Waals surface area contributed by atoms with Gasteiger partial charge in [0.05, 0.1) is 5.69 Å². The molecule has 1 aromatic rings. The van der Waals surface area contributed by atoms with E-state index in [4.69, 9.17) is 0 Å². The molecule has 0 fully saturated rings. The summed E-state index contributed by atoms with van der Waals surface area (Å²) in [6.07, 6.45) is 2.73. The summed E-state index contributed by atoms with van der Waals surface area (Å²) >= 11 is 0. The third-order valence-corrected chi connectivity index (χ3v) is 3.01. The Morgan fingerprint density at radius 3 is 2.31 bits per heavy atom. The topological polar surface area (TPSA) is 59.6 Å². The number of urea groups is 1. The molecular weight excluding hydrogens is 356 g/mol. The summed E-state index contributed by atoms with van der Waals surface area (Å²) in [4.78, 5) is 12.1. The van der Waals surface area contributed by atoms with Crippen molar-refractivity contribution < 1.29 is 31.8 Å². The summed E-state index contributed by atoms with van der Waals surface area (Å²) < 4.78 is 58.4. The molecule has 0 aromatic heterocycles. The number of hydrogen-bond acceptors (Lipinski definition) is 3. The molecule has 1 aromatic carbocycles. The molecule has 0 atom stereocenters. The van der Waals surface area contributed by atoms with Gasteiger partial charge >= 0.3 is 19.3 Å². The number of para-hydroxylation sites is 2. The van der Waals surface area contributed by atoms with E-state index < -0.39 is 19.3 Å². The van der Waals surface area contributed by atoms with Crippen molar-refractivity contribution in [2.75, 3.05) is 5.32 Å². The summed E-state index contributed by atoms with van der Waals surface area (Å²) in [5, 5.41) is 4.78. The SMILES string of the molecule is C/C=C(\C=C(\OC(F)F)C(C)C)NC(=O)Nc1ccccc1OC(F)F. The Kier molecular flexibility index (Phi) is 8.47. The van der Waals surface area contributed by atoms with E-state index in [1.54, 1.807) is 20.8 Å². The van der Waals surface area contributed by atoms with Gasteiger partial charge in [-0.1, -0.05) is 32.1 Å². The lowest BCUT2D eigenvalue weighted by atomic mass is 10.1. The molecular formula is C17H20F4N2O3. The number of hydrogen-bond donors (Lipinski definition) is 2. The maximum Gasteiger partial charge on any atom is 0.387 e. The molecule has 0 spiro atoms. The molecule has 0 aliphatic heterocycles. The summed E-state index contributed by atoms with van der Waals surface area (Å²) in [7, 11) is 0. The predicted molar refractivity (Wildman–Crippen MR) is 89.0 cm³/mol. The molecule has 2 amide bonds. The van der Waals surface area contributed by atoms with Crippen molar-refractivity contribution in [3.05, 3.63) is 47.9 Å². The second-order valence-electron chi connectivity index (χ2n) is 5.28. The minimum absolute atomic E-state index is 0.0187. The van der Waals surface area contributed by atoms with E-state index in [1.165, 1.54) is 36.4 Å². The first-order valence-electron chi connectivity index (χ1n) is 7.67. The number of nitrogens with one attached hydrogen (secondary N) is 2. The van der Waals surface area contributed by atoms with Gasteiger partial charge in [0, 0.05) is 11.6 Å². The molecule has 1 rings (SSSR count). The van der Waals surface area contributed by atoms with Gasteiger partial charge in [0.1, 0.15) is 11.5 Å². The Morgan fingerprint density at radius 2 is 1.77 bits per heavy atom. The van der Waals surface area contributed by atoms with Gasteiger partial charge in [0.25, 0.3) is 0 Å². The minimum Gasteiger partial charge on any atom is -0.439 e. The van der Waals surface area contributed by atoms with Crippen LogP contribution in [0.3, 0.4) is 0 Å². The van der Waals surface area contributed by atoms with Crippen LogP contribution >= 0.6 is 0 Å². The van der Waals surface area contributed by atoms with Crippen LogP contribution in [0.25, 0.3) is 0 Å². The van der Waals surface area contributed by atoms with E-state index in [2.05, 4.69) is 20.1 Å². The van der Waals surface area contributed by atoms with E-state index in [9.17, 15) is 22.4 Å². The number of allylic oxidation sites excluding steroid dienone is 3. The highest BCUT2D eigenvalue weighted by Crippen LogP contribution is 2.25. The van der Waals surface area contributed by atoms with Gasteiger partial charge in [0.15, 0.2) is 0 Å². The van der Waals surface area contributed by atoms with E-state index in [-0.39, 0.29) is 28.8 Å². The Balaban J connectivity index is 2.85. The monoisotopic (exact) mass is 376 g/mol. The molecule has 5 nitrogen and oxygen atoms in total. The largest absolute Gasteiger partial charge is 0.439 e. The number of amides is 2. The second-order valence-corrected chi connectivity index (χ2v) is 5.28. The fourth-order valence-corrected chi connectivity index (χ4v) is 1.84. The molecule has 0 radical (unpaired) electrons. The second kappa shape index (κ2) is 10.3. The fraction of sp³-hybridized carbons (Fsp3) is 0.353. The lowest BCUT2D eigenvalue weighted by Crippen LogP contribution is -2.28. The van der Waals surface area contributed by atoms with Crippen LogP contribution in [0.5, 0.6) is 5.75 Å². The number of anilines is 1. The quantitative estimate of drug-likeness (QED) is 0.377. The molecule has 0 bridgehead atoms. The number of rotatable bonds is 8. The molecule has 0 saturated heterocycles. The number of carbonyl (C=O) groups is 1. The van der Waals surface area contributed by atoms with E-state index >= 15 is 0 Å². The molecule has 9 heteroatoms. The summed E-state index contributed by atoms with van der Waals surface area (Å²) in [6, 6.07) is 4.88. The Labute approximate surface area is 148 Å². The highest BCUT2D eigenvalue weighted by Gasteiger charge is 2.14. The number of carbonyl (C=O) groups excluding carboxylic acids is 1. The lowest BCUT2D eigenvalue weighted by molar-refractivity contribution is -0.103. The molecule has 0 aliphatic carbocycles. The summed E-state index contributed by atoms with van der Waals surface area (Å²) in [5.74, 6) is -0.571. The van der Waals surface area contributed by atoms with Gasteiger partial charge in [-0.25, -0.2) is 4.79 Å². The normalized spacial score (nSPS) is 12.5. The molecule has 26 heavy (non-hydrogen) atoms. The standard InChI is InChI=1S/C17H20F4N2O3/c1-4-11(9-14(10(2)3)26-16(20)21)22-17(24)23-12-7-5-6-8-13(12)25-15(18)19/h4-10,15-16H,1-3H3,(H2,22,23,24)/b11-4+,14-9+. The van der Waals surface area contributed by atoms with E-state index in [0.29, 0.717) is 0 Å². The first kappa shape index (κ1) is 21.3. The smallest absolute Gasteiger partial charge is 0.387 e. The van der Waals surface area contributed by atoms with Crippen molar-refractivity contribution >= 4 is 11.7 Å². The van der Waals surface area contributed by atoms with Crippen LogP contribution in [0.15, 0.2) is 47.9 Å². The van der Waals surface area contributed by atoms with E-state index in [0.717, 1.165) is 0 Å². The predicted octanol–water partition coefficient (Wildman–Crippen LogP) is 5.09. The highest BCUT2D eigenvalue weighted by atomic mass is 19.3. The number of halogens is 4. The Hall–Kier alpha value is -2.71. The van der Waals surface area contributed by atoms with E-state index in [1.807, 2.05) is 0 Å². The molecule has 0 aliphatic rings. The minimum atomic E-state index is -3.05. The number of ether oxygens (including phenoxy) is 2. The molecule has 0 saturated carbocycles. The van der Waals surface area contributed by atoms with Gasteiger partial charge in [0.2, 0.25) is 0 Å². The van der Waals surface area contributed by atoms with Gasteiger partial charge in [-0.05, 0) is 25.1 Å². The summed E-state index contributed by atoms with van der Waals surface area (Å²) in [6.45, 7) is -1.15. The van der Waals surface area contributed by atoms with Crippen molar-refractivity contribution in [3.63, 3.8) is 0 Å². The average molecular weight is 376 g/mol. The first-order chi connectivity index (χ1) is 12.2.